The highest BCUT2D eigenvalue weighted by Gasteiger charge is 2.27. The van der Waals surface area contributed by atoms with Crippen LogP contribution in [-0.4, -0.2) is 26.9 Å². The Morgan fingerprint density at radius 2 is 1.80 bits per heavy atom. The van der Waals surface area contributed by atoms with Crippen LogP contribution in [0.1, 0.15) is 26.5 Å². The van der Waals surface area contributed by atoms with Crippen molar-refractivity contribution in [1.29, 1.82) is 0 Å². The van der Waals surface area contributed by atoms with Gasteiger partial charge in [-0.3, -0.25) is 0 Å². The fourth-order valence-electron chi connectivity index (χ4n) is 3.45. The van der Waals surface area contributed by atoms with Crippen LogP contribution < -0.4 is 10.5 Å². The van der Waals surface area contributed by atoms with E-state index in [1.165, 1.54) is 0 Å². The molecule has 4 rings (SSSR count). The number of hydrogen-bond acceptors (Lipinski definition) is 4. The second-order valence-corrected chi connectivity index (χ2v) is 8.29. The highest BCUT2D eigenvalue weighted by molar-refractivity contribution is 5.92. The van der Waals surface area contributed by atoms with Gasteiger partial charge in [0, 0.05) is 28.6 Å². The van der Waals surface area contributed by atoms with Crippen LogP contribution in [0.25, 0.3) is 28.0 Å². The molecule has 0 aliphatic rings. The second-order valence-electron chi connectivity index (χ2n) is 8.29. The first kappa shape index (κ1) is 20.1. The van der Waals surface area contributed by atoms with Crippen LogP contribution in [0.3, 0.4) is 0 Å². The summed E-state index contributed by atoms with van der Waals surface area (Å²) < 4.78 is 8.20. The minimum absolute atomic E-state index is 0.223. The molecule has 0 saturated carbocycles. The SMILES string of the molecule is Cc1ccc2c(-c3ccccc3)nn(-c3cccc(OC(C)(C)C(C)CN)c3)c2n1. The Labute approximate surface area is 177 Å². The molecule has 5 heteroatoms. The molecule has 0 amide bonds. The lowest BCUT2D eigenvalue weighted by Gasteiger charge is -2.32. The molecular weight excluding hydrogens is 372 g/mol. The summed E-state index contributed by atoms with van der Waals surface area (Å²) in [6.07, 6.45) is 0. The van der Waals surface area contributed by atoms with Gasteiger partial charge in [-0.1, -0.05) is 43.3 Å². The van der Waals surface area contributed by atoms with E-state index in [0.29, 0.717) is 6.54 Å². The zero-order chi connectivity index (χ0) is 21.3. The van der Waals surface area contributed by atoms with E-state index in [-0.39, 0.29) is 11.5 Å². The third kappa shape index (κ3) is 3.81. The average molecular weight is 401 g/mol. The fourth-order valence-corrected chi connectivity index (χ4v) is 3.45. The van der Waals surface area contributed by atoms with Gasteiger partial charge in [-0.05, 0) is 51.6 Å². The molecule has 0 bridgehead atoms. The number of nitrogens with two attached hydrogens (primary N) is 1. The highest BCUT2D eigenvalue weighted by atomic mass is 16.5. The van der Waals surface area contributed by atoms with Gasteiger partial charge in [0.25, 0.3) is 0 Å². The summed E-state index contributed by atoms with van der Waals surface area (Å²) in [5.74, 6) is 1.01. The lowest BCUT2D eigenvalue weighted by Crippen LogP contribution is -2.39. The van der Waals surface area contributed by atoms with Crippen molar-refractivity contribution in [2.45, 2.75) is 33.3 Å². The summed E-state index contributed by atoms with van der Waals surface area (Å²) in [6, 6.07) is 22.3. The molecule has 0 aliphatic carbocycles. The normalized spacial score (nSPS) is 12.8. The van der Waals surface area contributed by atoms with Gasteiger partial charge in [0.1, 0.15) is 17.0 Å². The lowest BCUT2D eigenvalue weighted by atomic mass is 9.93. The molecule has 0 aliphatic heterocycles. The van der Waals surface area contributed by atoms with Crippen molar-refractivity contribution in [2.24, 2.45) is 11.7 Å². The van der Waals surface area contributed by atoms with Crippen molar-refractivity contribution in [3.8, 4) is 22.7 Å². The molecule has 1 unspecified atom stereocenters. The fraction of sp³-hybridized carbons (Fsp3) is 0.280. The molecule has 0 saturated heterocycles. The van der Waals surface area contributed by atoms with Crippen LogP contribution >= 0.6 is 0 Å². The van der Waals surface area contributed by atoms with E-state index in [1.807, 2.05) is 60.1 Å². The number of benzene rings is 2. The molecule has 2 N–H and O–H groups in total. The summed E-state index contributed by atoms with van der Waals surface area (Å²) in [6.45, 7) is 8.80. The van der Waals surface area contributed by atoms with Crippen LogP contribution in [0.5, 0.6) is 5.75 Å². The van der Waals surface area contributed by atoms with E-state index in [0.717, 1.165) is 39.4 Å². The van der Waals surface area contributed by atoms with E-state index < -0.39 is 0 Å². The number of rotatable bonds is 6. The first-order valence-corrected chi connectivity index (χ1v) is 10.3. The number of aromatic nitrogens is 3. The molecular formula is C25H28N4O. The number of aryl methyl sites for hydroxylation is 1. The first-order valence-electron chi connectivity index (χ1n) is 10.3. The van der Waals surface area contributed by atoms with Crippen molar-refractivity contribution in [3.05, 3.63) is 72.4 Å². The number of hydrogen-bond donors (Lipinski definition) is 1. The Morgan fingerprint density at radius 3 is 2.53 bits per heavy atom. The quantitative estimate of drug-likeness (QED) is 0.486. The van der Waals surface area contributed by atoms with Gasteiger partial charge < -0.3 is 10.5 Å². The predicted octanol–water partition coefficient (Wildman–Crippen LogP) is 5.15. The number of nitrogens with zero attached hydrogens (tertiary/aromatic N) is 3. The molecule has 5 nitrogen and oxygen atoms in total. The highest BCUT2D eigenvalue weighted by Crippen LogP contribution is 2.31. The van der Waals surface area contributed by atoms with E-state index in [2.05, 4.69) is 39.0 Å². The van der Waals surface area contributed by atoms with Crippen LogP contribution in [0.4, 0.5) is 0 Å². The second kappa shape index (κ2) is 7.92. The average Bonchev–Trinajstić information content (AvgIpc) is 3.12. The smallest absolute Gasteiger partial charge is 0.163 e. The maximum atomic E-state index is 6.30. The van der Waals surface area contributed by atoms with Gasteiger partial charge in [0.05, 0.1) is 5.69 Å². The van der Waals surface area contributed by atoms with E-state index in [1.54, 1.807) is 0 Å². The van der Waals surface area contributed by atoms with Crippen LogP contribution in [0.15, 0.2) is 66.7 Å². The Bertz CT molecular complexity index is 1160. The third-order valence-corrected chi connectivity index (χ3v) is 5.70. The van der Waals surface area contributed by atoms with Crippen LogP contribution in [-0.2, 0) is 0 Å². The molecule has 4 aromatic rings. The largest absolute Gasteiger partial charge is 0.487 e. The monoisotopic (exact) mass is 400 g/mol. The Morgan fingerprint density at radius 1 is 1.03 bits per heavy atom. The predicted molar refractivity (Wildman–Crippen MR) is 122 cm³/mol. The Kier molecular flexibility index (Phi) is 5.31. The molecule has 0 fully saturated rings. The number of fused-ring (bicyclic) bond motifs is 1. The third-order valence-electron chi connectivity index (χ3n) is 5.70. The zero-order valence-corrected chi connectivity index (χ0v) is 18.0. The summed E-state index contributed by atoms with van der Waals surface area (Å²) in [5, 5.41) is 5.96. The van der Waals surface area contributed by atoms with Gasteiger partial charge in [0.15, 0.2) is 5.65 Å². The molecule has 1 atom stereocenters. The number of ether oxygens (including phenoxy) is 1. The van der Waals surface area contributed by atoms with Gasteiger partial charge >= 0.3 is 0 Å². The summed E-state index contributed by atoms with van der Waals surface area (Å²) in [7, 11) is 0. The zero-order valence-electron chi connectivity index (χ0n) is 18.0. The van der Waals surface area contributed by atoms with Crippen LogP contribution in [0, 0.1) is 12.8 Å². The Balaban J connectivity index is 1.81. The lowest BCUT2D eigenvalue weighted by molar-refractivity contribution is 0.0556. The first-order chi connectivity index (χ1) is 14.4. The molecule has 2 aromatic heterocycles. The van der Waals surface area contributed by atoms with Crippen molar-refractivity contribution < 1.29 is 4.74 Å². The molecule has 154 valence electrons. The van der Waals surface area contributed by atoms with E-state index >= 15 is 0 Å². The standard InChI is InChI=1S/C25H28N4O/c1-17(16-26)25(3,4)30-21-12-8-11-20(15-21)29-24-22(14-13-18(2)27-24)23(28-29)19-9-6-5-7-10-19/h5-15,17H,16,26H2,1-4H3. The van der Waals surface area contributed by atoms with E-state index in [4.69, 9.17) is 20.6 Å². The summed E-state index contributed by atoms with van der Waals surface area (Å²) in [4.78, 5) is 4.79. The number of pyridine rings is 1. The molecule has 30 heavy (non-hydrogen) atoms. The van der Waals surface area contributed by atoms with E-state index in [9.17, 15) is 0 Å². The molecule has 2 aromatic carbocycles. The van der Waals surface area contributed by atoms with Crippen LogP contribution in [0.2, 0.25) is 0 Å². The molecule has 2 heterocycles. The summed E-state index contributed by atoms with van der Waals surface area (Å²) in [5.41, 5.74) is 10.2. The topological polar surface area (TPSA) is 66.0 Å². The minimum Gasteiger partial charge on any atom is -0.487 e. The molecule has 0 spiro atoms. The van der Waals surface area contributed by atoms with Gasteiger partial charge in [-0.25, -0.2) is 9.67 Å². The maximum Gasteiger partial charge on any atom is 0.163 e. The van der Waals surface area contributed by atoms with Gasteiger partial charge in [-0.2, -0.15) is 5.10 Å². The maximum absolute atomic E-state index is 6.30. The van der Waals surface area contributed by atoms with Crippen molar-refractivity contribution in [1.82, 2.24) is 14.8 Å². The van der Waals surface area contributed by atoms with Crippen molar-refractivity contribution in [2.75, 3.05) is 6.54 Å². The van der Waals surface area contributed by atoms with Crippen molar-refractivity contribution >= 4 is 11.0 Å². The summed E-state index contributed by atoms with van der Waals surface area (Å²) >= 11 is 0. The Hall–Kier alpha value is -3.18. The van der Waals surface area contributed by atoms with Crippen molar-refractivity contribution in [3.63, 3.8) is 0 Å². The molecule has 0 radical (unpaired) electrons. The van der Waals surface area contributed by atoms with Gasteiger partial charge in [-0.15, -0.1) is 0 Å². The van der Waals surface area contributed by atoms with Gasteiger partial charge in [0.2, 0.25) is 0 Å². The minimum atomic E-state index is -0.371.